The molecule has 9 nitrogen and oxygen atoms in total. The van der Waals surface area contributed by atoms with Gasteiger partial charge < -0.3 is 20.3 Å². The number of H-pyrrole nitrogens is 1. The van der Waals surface area contributed by atoms with Gasteiger partial charge in [-0.15, -0.1) is 0 Å². The third-order valence-corrected chi connectivity index (χ3v) is 7.64. The lowest BCUT2D eigenvalue weighted by atomic mass is 9.91. The van der Waals surface area contributed by atoms with Gasteiger partial charge in [0, 0.05) is 29.2 Å². The molecule has 3 N–H and O–H groups in total. The average molecular weight is 547 g/mol. The number of fused-ring (bicyclic) bond motifs is 1. The van der Waals surface area contributed by atoms with E-state index in [1.54, 1.807) is 30.2 Å². The predicted octanol–water partition coefficient (Wildman–Crippen LogP) is 5.35. The molecule has 1 unspecified atom stereocenters. The number of nitrogens with zero attached hydrogens (tertiary/aromatic N) is 2. The Labute approximate surface area is 234 Å². The fourth-order valence-corrected chi connectivity index (χ4v) is 5.55. The van der Waals surface area contributed by atoms with Gasteiger partial charge in [-0.25, -0.2) is 4.79 Å². The summed E-state index contributed by atoms with van der Waals surface area (Å²) >= 11 is 0. The van der Waals surface area contributed by atoms with Crippen LogP contribution < -0.4 is 5.32 Å². The highest BCUT2D eigenvalue weighted by molar-refractivity contribution is 6.38. The number of aromatic amines is 1. The van der Waals surface area contributed by atoms with Gasteiger partial charge in [-0.2, -0.15) is 0 Å². The quantitative estimate of drug-likeness (QED) is 0.296. The number of rotatable bonds is 10. The number of carbonyl (C=O) groups excluding carboxylic acids is 3. The van der Waals surface area contributed by atoms with Crippen LogP contribution in [0.3, 0.4) is 0 Å². The molecular weight excluding hydrogens is 508 g/mol. The van der Waals surface area contributed by atoms with E-state index in [9.17, 15) is 24.3 Å². The van der Waals surface area contributed by atoms with Gasteiger partial charge in [-0.3, -0.25) is 19.3 Å². The molecule has 1 fully saturated rings. The summed E-state index contributed by atoms with van der Waals surface area (Å²) in [6.07, 6.45) is 1.36. The summed E-state index contributed by atoms with van der Waals surface area (Å²) in [4.78, 5) is 59.1. The van der Waals surface area contributed by atoms with Crippen LogP contribution in [-0.2, 0) is 9.59 Å². The number of likely N-dealkylation sites (tertiary alicyclic amines) is 1. The monoisotopic (exact) mass is 546 g/mol. The molecule has 3 amide bonds. The first kappa shape index (κ1) is 28.9. The van der Waals surface area contributed by atoms with E-state index in [4.69, 9.17) is 0 Å². The van der Waals surface area contributed by atoms with E-state index in [0.717, 1.165) is 27.8 Å². The zero-order chi connectivity index (χ0) is 29.0. The fourth-order valence-electron chi connectivity index (χ4n) is 5.55. The van der Waals surface area contributed by atoms with Gasteiger partial charge in [0.2, 0.25) is 5.78 Å². The molecule has 1 saturated heterocycles. The van der Waals surface area contributed by atoms with Crippen molar-refractivity contribution in [1.82, 2.24) is 20.1 Å². The standard InChI is InChI=1S/C31H38N4O5/c1-5-6-12-25(27(36)28(37)33-20(2)21-10-8-7-9-11-21)35(30(39)40)26-18-31(3,4)19-34(26)29(38)23-13-14-24-22(17-23)15-16-32-24/h7-11,13-17,20,25-26,32H,5-6,12,18-19H2,1-4H3,(H,33,37)(H,39,40)/t20-,25+,26?/m1/s1. The summed E-state index contributed by atoms with van der Waals surface area (Å²) in [6, 6.07) is 14.8. The maximum Gasteiger partial charge on any atom is 0.409 e. The van der Waals surface area contributed by atoms with Gasteiger partial charge >= 0.3 is 6.09 Å². The summed E-state index contributed by atoms with van der Waals surface area (Å²) in [6.45, 7) is 7.98. The van der Waals surface area contributed by atoms with E-state index in [1.165, 1.54) is 0 Å². The lowest BCUT2D eigenvalue weighted by Gasteiger charge is -2.37. The van der Waals surface area contributed by atoms with Crippen molar-refractivity contribution in [3.05, 3.63) is 71.9 Å². The number of amides is 3. The van der Waals surface area contributed by atoms with Crippen molar-refractivity contribution in [2.75, 3.05) is 6.54 Å². The van der Waals surface area contributed by atoms with Crippen molar-refractivity contribution < 1.29 is 24.3 Å². The molecule has 2 aromatic carbocycles. The van der Waals surface area contributed by atoms with Gasteiger partial charge in [-0.1, -0.05) is 63.9 Å². The summed E-state index contributed by atoms with van der Waals surface area (Å²) in [7, 11) is 0. The topological polar surface area (TPSA) is 123 Å². The Morgan fingerprint density at radius 1 is 1.12 bits per heavy atom. The van der Waals surface area contributed by atoms with Crippen molar-refractivity contribution in [2.45, 2.75) is 71.6 Å². The Morgan fingerprint density at radius 3 is 2.52 bits per heavy atom. The average Bonchev–Trinajstić information content (AvgIpc) is 3.53. The van der Waals surface area contributed by atoms with E-state index in [1.807, 2.05) is 63.2 Å². The SMILES string of the molecule is CCCC[C@@H](C(=O)C(=O)N[C@H](C)c1ccccc1)N(C(=O)O)C1CC(C)(C)CN1C(=O)c1ccc2[nH]ccc2c1. The molecule has 40 heavy (non-hydrogen) atoms. The third-order valence-electron chi connectivity index (χ3n) is 7.64. The Kier molecular flexibility index (Phi) is 8.61. The summed E-state index contributed by atoms with van der Waals surface area (Å²) < 4.78 is 0. The second-order valence-electron chi connectivity index (χ2n) is 11.4. The Balaban J connectivity index is 1.64. The molecule has 1 aromatic heterocycles. The number of benzene rings is 2. The number of nitrogens with one attached hydrogen (secondary N) is 2. The second kappa shape index (κ2) is 11.9. The summed E-state index contributed by atoms with van der Waals surface area (Å²) in [5, 5.41) is 14.1. The molecule has 212 valence electrons. The number of carboxylic acid groups (broad SMARTS) is 1. The number of hydrogen-bond donors (Lipinski definition) is 3. The highest BCUT2D eigenvalue weighted by Gasteiger charge is 2.48. The normalized spacial score (nSPS) is 17.8. The third kappa shape index (κ3) is 6.19. The van der Waals surface area contributed by atoms with Gasteiger partial charge in [0.25, 0.3) is 11.8 Å². The first-order chi connectivity index (χ1) is 19.0. The van der Waals surface area contributed by atoms with Gasteiger partial charge in [0.05, 0.1) is 6.04 Å². The second-order valence-corrected chi connectivity index (χ2v) is 11.4. The van der Waals surface area contributed by atoms with E-state index in [2.05, 4.69) is 10.3 Å². The number of aromatic nitrogens is 1. The maximum absolute atomic E-state index is 13.8. The number of ketones is 1. The van der Waals surface area contributed by atoms with Crippen molar-refractivity contribution in [2.24, 2.45) is 5.41 Å². The Bertz CT molecular complexity index is 1380. The molecule has 0 spiro atoms. The number of carbonyl (C=O) groups is 4. The molecule has 1 aliphatic heterocycles. The summed E-state index contributed by atoms with van der Waals surface area (Å²) in [5.74, 6) is -1.96. The van der Waals surface area contributed by atoms with Gasteiger partial charge in [0.1, 0.15) is 12.2 Å². The molecule has 0 aliphatic carbocycles. The van der Waals surface area contributed by atoms with E-state index >= 15 is 0 Å². The van der Waals surface area contributed by atoms with Crippen molar-refractivity contribution >= 4 is 34.6 Å². The highest BCUT2D eigenvalue weighted by atomic mass is 16.4. The van der Waals surface area contributed by atoms with Gasteiger partial charge in [0.15, 0.2) is 0 Å². The zero-order valence-electron chi connectivity index (χ0n) is 23.5. The van der Waals surface area contributed by atoms with E-state index in [0.29, 0.717) is 24.9 Å². The molecule has 2 heterocycles. The minimum absolute atomic E-state index is 0.184. The Hall–Kier alpha value is -4.14. The van der Waals surface area contributed by atoms with Crippen LogP contribution >= 0.6 is 0 Å². The number of unbranched alkanes of at least 4 members (excludes halogenated alkanes) is 1. The maximum atomic E-state index is 13.8. The molecule has 0 saturated carbocycles. The Morgan fingerprint density at radius 2 is 1.85 bits per heavy atom. The molecule has 3 aromatic rings. The van der Waals surface area contributed by atoms with E-state index in [-0.39, 0.29) is 12.3 Å². The predicted molar refractivity (Wildman–Crippen MR) is 153 cm³/mol. The minimum Gasteiger partial charge on any atom is -0.465 e. The molecule has 3 atom stereocenters. The van der Waals surface area contributed by atoms with Gasteiger partial charge in [-0.05, 0) is 55.0 Å². The van der Waals surface area contributed by atoms with Crippen LogP contribution in [0.1, 0.15) is 75.3 Å². The van der Waals surface area contributed by atoms with Crippen LogP contribution in [0.4, 0.5) is 4.79 Å². The van der Waals surface area contributed by atoms with Crippen LogP contribution in [0.25, 0.3) is 10.9 Å². The highest BCUT2D eigenvalue weighted by Crippen LogP contribution is 2.38. The molecule has 9 heteroatoms. The minimum atomic E-state index is -1.33. The lowest BCUT2D eigenvalue weighted by Crippen LogP contribution is -2.58. The molecule has 1 aliphatic rings. The number of hydrogen-bond acceptors (Lipinski definition) is 4. The molecule has 0 radical (unpaired) electrons. The lowest BCUT2D eigenvalue weighted by molar-refractivity contribution is -0.142. The van der Waals surface area contributed by atoms with Crippen LogP contribution in [-0.4, -0.2) is 62.3 Å². The molecule has 0 bridgehead atoms. The summed E-state index contributed by atoms with van der Waals surface area (Å²) in [5.41, 5.74) is 1.76. The van der Waals surface area contributed by atoms with Crippen molar-refractivity contribution in [3.63, 3.8) is 0 Å². The van der Waals surface area contributed by atoms with Crippen LogP contribution in [0.2, 0.25) is 0 Å². The van der Waals surface area contributed by atoms with Crippen LogP contribution in [0.15, 0.2) is 60.8 Å². The zero-order valence-corrected chi connectivity index (χ0v) is 23.5. The first-order valence-corrected chi connectivity index (χ1v) is 13.8. The number of Topliss-reactive ketones (excluding diaryl/α,β-unsaturated/α-hetero) is 1. The first-order valence-electron chi connectivity index (χ1n) is 13.8. The van der Waals surface area contributed by atoms with E-state index < -0.39 is 41.4 Å². The van der Waals surface area contributed by atoms with Crippen LogP contribution in [0, 0.1) is 5.41 Å². The molecule has 4 rings (SSSR count). The van der Waals surface area contributed by atoms with Crippen molar-refractivity contribution in [1.29, 1.82) is 0 Å². The van der Waals surface area contributed by atoms with Crippen molar-refractivity contribution in [3.8, 4) is 0 Å². The largest absolute Gasteiger partial charge is 0.465 e. The van der Waals surface area contributed by atoms with Crippen LogP contribution in [0.5, 0.6) is 0 Å². The molecular formula is C31H38N4O5. The smallest absolute Gasteiger partial charge is 0.409 e. The fraction of sp³-hybridized carbons (Fsp3) is 0.419.